The molecule has 0 aliphatic rings. The summed E-state index contributed by atoms with van der Waals surface area (Å²) in [6, 6.07) is 9.10. The van der Waals surface area contributed by atoms with Crippen LogP contribution in [0.25, 0.3) is 0 Å². The van der Waals surface area contributed by atoms with E-state index in [2.05, 4.69) is 38.1 Å². The lowest BCUT2D eigenvalue weighted by Gasteiger charge is -2.17. The van der Waals surface area contributed by atoms with Crippen LogP contribution < -0.4 is 0 Å². The summed E-state index contributed by atoms with van der Waals surface area (Å²) in [5.41, 5.74) is 2.78. The number of benzene rings is 1. The predicted molar refractivity (Wildman–Crippen MR) is 125 cm³/mol. The molecule has 0 heterocycles. The highest BCUT2D eigenvalue weighted by molar-refractivity contribution is 5.22. The zero-order valence-corrected chi connectivity index (χ0v) is 20.3. The van der Waals surface area contributed by atoms with Crippen molar-refractivity contribution < 1.29 is 18.9 Å². The average Bonchev–Trinajstić information content (AvgIpc) is 2.78. The molecule has 0 spiro atoms. The van der Waals surface area contributed by atoms with Gasteiger partial charge in [0.05, 0.1) is 24.4 Å². The summed E-state index contributed by atoms with van der Waals surface area (Å²) < 4.78 is 22.0. The Hall–Kier alpha value is -0.940. The van der Waals surface area contributed by atoms with Crippen molar-refractivity contribution >= 4 is 0 Å². The first-order chi connectivity index (χ1) is 14.5. The fraction of sp³-hybridized carbons (Fsp3) is 0.769. The fourth-order valence-electron chi connectivity index (χ4n) is 3.79. The van der Waals surface area contributed by atoms with Gasteiger partial charge in [-0.3, -0.25) is 0 Å². The van der Waals surface area contributed by atoms with Gasteiger partial charge in [-0.25, -0.2) is 0 Å². The molecule has 30 heavy (non-hydrogen) atoms. The second kappa shape index (κ2) is 16.7. The summed E-state index contributed by atoms with van der Waals surface area (Å²) in [6.07, 6.45) is 12.3. The Balaban J connectivity index is 2.32. The third kappa shape index (κ3) is 12.0. The molecule has 0 N–H and O–H groups in total. The van der Waals surface area contributed by atoms with Gasteiger partial charge < -0.3 is 18.9 Å². The van der Waals surface area contributed by atoms with Crippen molar-refractivity contribution in [1.82, 2.24) is 0 Å². The van der Waals surface area contributed by atoms with Crippen LogP contribution in [-0.4, -0.2) is 52.9 Å². The number of methoxy groups -OCH3 is 4. The summed E-state index contributed by atoms with van der Waals surface area (Å²) in [4.78, 5) is 0. The maximum absolute atomic E-state index is 5.68. The molecule has 4 heteroatoms. The normalized spacial score (nSPS) is 15.7. The molecule has 1 aromatic carbocycles. The van der Waals surface area contributed by atoms with E-state index in [1.54, 1.807) is 14.2 Å². The number of aryl methyl sites for hydroxylation is 2. The van der Waals surface area contributed by atoms with E-state index >= 15 is 0 Å². The third-order valence-corrected chi connectivity index (χ3v) is 6.28. The molecule has 1 rings (SSSR count). The highest BCUT2D eigenvalue weighted by Gasteiger charge is 2.11. The molecule has 0 saturated heterocycles. The molecule has 4 atom stereocenters. The van der Waals surface area contributed by atoms with Crippen LogP contribution in [0.5, 0.6) is 0 Å². The van der Waals surface area contributed by atoms with Crippen molar-refractivity contribution in [3.63, 3.8) is 0 Å². The van der Waals surface area contributed by atoms with Crippen LogP contribution in [0.3, 0.4) is 0 Å². The fourth-order valence-corrected chi connectivity index (χ4v) is 3.79. The van der Waals surface area contributed by atoms with Gasteiger partial charge in [0.2, 0.25) is 0 Å². The first-order valence-corrected chi connectivity index (χ1v) is 11.7. The minimum atomic E-state index is 0.331. The van der Waals surface area contributed by atoms with E-state index in [4.69, 9.17) is 18.9 Å². The number of rotatable bonds is 18. The molecule has 0 fully saturated rings. The van der Waals surface area contributed by atoms with Crippen molar-refractivity contribution in [2.45, 2.75) is 102 Å². The average molecular weight is 423 g/mol. The molecular formula is C26H46O4. The van der Waals surface area contributed by atoms with Crippen molar-refractivity contribution in [2.24, 2.45) is 0 Å². The standard InChI is InChI=1S/C26H46O4/c1-21(27-3)9-7-11-25(29-5)19-17-23-13-15-24(16-14-23)18-20-26(30-6)12-8-10-22(2)28-4/h13-16,21-22,25-26H,7-12,17-20H2,1-6H3. The quantitative estimate of drug-likeness (QED) is 0.291. The van der Waals surface area contributed by atoms with Crippen molar-refractivity contribution in [2.75, 3.05) is 28.4 Å². The summed E-state index contributed by atoms with van der Waals surface area (Å²) in [7, 11) is 7.22. The molecule has 0 aliphatic heterocycles. The van der Waals surface area contributed by atoms with Crippen molar-refractivity contribution in [3.8, 4) is 0 Å². The van der Waals surface area contributed by atoms with Crippen LogP contribution in [0.15, 0.2) is 24.3 Å². The van der Waals surface area contributed by atoms with E-state index in [9.17, 15) is 0 Å². The number of hydrogen-bond acceptors (Lipinski definition) is 4. The van der Waals surface area contributed by atoms with Crippen LogP contribution in [0.1, 0.15) is 76.3 Å². The van der Waals surface area contributed by atoms with Crippen LogP contribution in [0.4, 0.5) is 0 Å². The van der Waals surface area contributed by atoms with Gasteiger partial charge in [-0.05, 0) is 89.2 Å². The molecule has 0 aliphatic carbocycles. The first kappa shape index (κ1) is 27.1. The zero-order chi connectivity index (χ0) is 22.2. The van der Waals surface area contributed by atoms with Gasteiger partial charge in [-0.1, -0.05) is 24.3 Å². The van der Waals surface area contributed by atoms with Crippen LogP contribution in [-0.2, 0) is 31.8 Å². The Morgan fingerprint density at radius 3 is 1.20 bits per heavy atom. The lowest BCUT2D eigenvalue weighted by atomic mass is 9.99. The molecule has 0 saturated carbocycles. The first-order valence-electron chi connectivity index (χ1n) is 11.7. The molecule has 1 aromatic rings. The molecule has 0 radical (unpaired) electrons. The summed E-state index contributed by atoms with van der Waals surface area (Å²) in [5.74, 6) is 0. The van der Waals surface area contributed by atoms with E-state index in [0.717, 1.165) is 64.2 Å². The van der Waals surface area contributed by atoms with Gasteiger partial charge in [0.15, 0.2) is 0 Å². The van der Waals surface area contributed by atoms with Gasteiger partial charge in [-0.15, -0.1) is 0 Å². The number of hydrogen-bond donors (Lipinski definition) is 0. The molecular weight excluding hydrogens is 376 g/mol. The summed E-state index contributed by atoms with van der Waals surface area (Å²) in [5, 5.41) is 0. The highest BCUT2D eigenvalue weighted by atomic mass is 16.5. The SMILES string of the molecule is COC(C)CCCC(CCc1ccc(CCC(CCCC(C)OC)OC)cc1)OC. The Morgan fingerprint density at radius 1 is 0.533 bits per heavy atom. The predicted octanol–water partition coefficient (Wildman–Crippen LogP) is 5.99. The molecule has 0 aromatic heterocycles. The molecule has 0 bridgehead atoms. The van der Waals surface area contributed by atoms with E-state index in [-0.39, 0.29) is 0 Å². The van der Waals surface area contributed by atoms with Gasteiger partial charge in [0.1, 0.15) is 0 Å². The van der Waals surface area contributed by atoms with E-state index in [0.29, 0.717) is 24.4 Å². The van der Waals surface area contributed by atoms with Crippen molar-refractivity contribution in [3.05, 3.63) is 35.4 Å². The molecule has 4 nitrogen and oxygen atoms in total. The van der Waals surface area contributed by atoms with E-state index < -0.39 is 0 Å². The minimum Gasteiger partial charge on any atom is -0.382 e. The lowest BCUT2D eigenvalue weighted by Crippen LogP contribution is -2.14. The molecule has 4 unspecified atom stereocenters. The van der Waals surface area contributed by atoms with Gasteiger partial charge in [0, 0.05) is 28.4 Å². The Kier molecular flexibility index (Phi) is 15.1. The highest BCUT2D eigenvalue weighted by Crippen LogP contribution is 2.17. The molecule has 0 amide bonds. The van der Waals surface area contributed by atoms with E-state index in [1.807, 2.05) is 14.2 Å². The Bertz CT molecular complexity index is 469. The maximum atomic E-state index is 5.68. The van der Waals surface area contributed by atoms with Gasteiger partial charge in [0.25, 0.3) is 0 Å². The van der Waals surface area contributed by atoms with Gasteiger partial charge in [-0.2, -0.15) is 0 Å². The Morgan fingerprint density at radius 2 is 0.900 bits per heavy atom. The Labute approximate surface area is 185 Å². The maximum Gasteiger partial charge on any atom is 0.0574 e. The summed E-state index contributed by atoms with van der Waals surface area (Å²) in [6.45, 7) is 4.25. The second-order valence-electron chi connectivity index (χ2n) is 8.56. The minimum absolute atomic E-state index is 0.331. The smallest absolute Gasteiger partial charge is 0.0574 e. The zero-order valence-electron chi connectivity index (χ0n) is 20.3. The van der Waals surface area contributed by atoms with Crippen molar-refractivity contribution in [1.29, 1.82) is 0 Å². The lowest BCUT2D eigenvalue weighted by molar-refractivity contribution is 0.0729. The van der Waals surface area contributed by atoms with Crippen LogP contribution >= 0.6 is 0 Å². The third-order valence-electron chi connectivity index (χ3n) is 6.28. The molecule has 174 valence electrons. The topological polar surface area (TPSA) is 36.9 Å². The number of ether oxygens (including phenoxy) is 4. The van der Waals surface area contributed by atoms with Crippen LogP contribution in [0.2, 0.25) is 0 Å². The van der Waals surface area contributed by atoms with E-state index in [1.165, 1.54) is 11.1 Å². The second-order valence-corrected chi connectivity index (χ2v) is 8.56. The largest absolute Gasteiger partial charge is 0.382 e. The van der Waals surface area contributed by atoms with Crippen LogP contribution in [0, 0.1) is 0 Å². The van der Waals surface area contributed by atoms with Gasteiger partial charge >= 0.3 is 0 Å². The summed E-state index contributed by atoms with van der Waals surface area (Å²) >= 11 is 0. The monoisotopic (exact) mass is 422 g/mol.